The van der Waals surface area contributed by atoms with Crippen LogP contribution in [0.4, 0.5) is 0 Å². The molecule has 2 rings (SSSR count). The van der Waals surface area contributed by atoms with Crippen molar-refractivity contribution < 1.29 is 9.53 Å². The number of carbonyl (C=O) groups excluding carboxylic acids is 1. The van der Waals surface area contributed by atoms with Crippen molar-refractivity contribution in [1.29, 1.82) is 0 Å². The van der Waals surface area contributed by atoms with Crippen LogP contribution in [0.25, 0.3) is 0 Å². The molecule has 2 N–H and O–H groups in total. The summed E-state index contributed by atoms with van der Waals surface area (Å²) in [7, 11) is 0. The van der Waals surface area contributed by atoms with Gasteiger partial charge in [0.25, 0.3) is 0 Å². The van der Waals surface area contributed by atoms with Gasteiger partial charge in [-0.05, 0) is 25.8 Å². The molecule has 1 saturated heterocycles. The van der Waals surface area contributed by atoms with Crippen LogP contribution in [0.15, 0.2) is 30.3 Å². The first kappa shape index (κ1) is 15.0. The zero-order valence-corrected chi connectivity index (χ0v) is 12.3. The van der Waals surface area contributed by atoms with Crippen LogP contribution in [0, 0.1) is 5.92 Å². The van der Waals surface area contributed by atoms with Gasteiger partial charge in [-0.15, -0.1) is 0 Å². The number of ether oxygens (including phenoxy) is 1. The van der Waals surface area contributed by atoms with Gasteiger partial charge in [0.1, 0.15) is 5.54 Å². The number of nitrogens with two attached hydrogens (primary N) is 1. The Bertz CT molecular complexity index is 445. The van der Waals surface area contributed by atoms with Crippen LogP contribution in [0.2, 0.25) is 0 Å². The largest absolute Gasteiger partial charge is 0.381 e. The van der Waals surface area contributed by atoms with Crippen molar-refractivity contribution in [2.45, 2.75) is 25.8 Å². The van der Waals surface area contributed by atoms with E-state index < -0.39 is 5.54 Å². The van der Waals surface area contributed by atoms with Crippen molar-refractivity contribution in [3.63, 3.8) is 0 Å². The number of rotatable bonds is 5. The molecule has 0 aromatic heterocycles. The van der Waals surface area contributed by atoms with E-state index in [1.165, 1.54) is 0 Å². The normalized spacial score (nSPS) is 21.8. The van der Waals surface area contributed by atoms with E-state index in [2.05, 4.69) is 0 Å². The van der Waals surface area contributed by atoms with Crippen molar-refractivity contribution in [3.05, 3.63) is 35.9 Å². The maximum absolute atomic E-state index is 12.6. The quantitative estimate of drug-likeness (QED) is 0.891. The van der Waals surface area contributed by atoms with E-state index in [1.807, 2.05) is 42.2 Å². The monoisotopic (exact) mass is 276 g/mol. The first-order chi connectivity index (χ1) is 9.55. The molecule has 0 bridgehead atoms. The molecule has 1 aromatic carbocycles. The predicted octanol–water partition coefficient (Wildman–Crippen LogP) is 1.75. The highest BCUT2D eigenvalue weighted by atomic mass is 16.5. The third-order valence-electron chi connectivity index (χ3n) is 3.95. The molecule has 1 fully saturated rings. The molecule has 0 aliphatic carbocycles. The van der Waals surface area contributed by atoms with Crippen molar-refractivity contribution >= 4 is 5.91 Å². The number of amides is 1. The lowest BCUT2D eigenvalue weighted by Crippen LogP contribution is -2.50. The Hall–Kier alpha value is -1.39. The van der Waals surface area contributed by atoms with E-state index in [1.54, 1.807) is 6.92 Å². The number of carbonyl (C=O) groups is 1. The van der Waals surface area contributed by atoms with Gasteiger partial charge in [0.15, 0.2) is 0 Å². The molecule has 4 heteroatoms. The second kappa shape index (κ2) is 6.37. The third kappa shape index (κ3) is 3.19. The average Bonchev–Trinajstić information content (AvgIpc) is 2.94. The molecular weight excluding hydrogens is 252 g/mol. The lowest BCUT2D eigenvalue weighted by molar-refractivity contribution is -0.135. The fourth-order valence-electron chi connectivity index (χ4n) is 2.67. The van der Waals surface area contributed by atoms with Gasteiger partial charge in [0.05, 0.1) is 6.61 Å². The number of benzene rings is 1. The molecule has 1 aliphatic rings. The molecule has 2 atom stereocenters. The third-order valence-corrected chi connectivity index (χ3v) is 3.95. The zero-order valence-electron chi connectivity index (χ0n) is 12.3. The van der Waals surface area contributed by atoms with E-state index in [0.717, 1.165) is 38.3 Å². The van der Waals surface area contributed by atoms with E-state index in [-0.39, 0.29) is 5.91 Å². The fraction of sp³-hybridized carbons (Fsp3) is 0.562. The first-order valence-corrected chi connectivity index (χ1v) is 7.27. The van der Waals surface area contributed by atoms with Crippen LogP contribution in [0.3, 0.4) is 0 Å². The van der Waals surface area contributed by atoms with Crippen LogP contribution in [-0.2, 0) is 15.1 Å². The molecule has 1 amide bonds. The van der Waals surface area contributed by atoms with E-state index in [0.29, 0.717) is 5.92 Å². The highest BCUT2D eigenvalue weighted by molar-refractivity contribution is 5.87. The van der Waals surface area contributed by atoms with Gasteiger partial charge >= 0.3 is 0 Å². The SMILES string of the molecule is CCOCC1CCN(C(=O)C(C)(N)c2ccccc2)C1. The Balaban J connectivity index is 2.01. The average molecular weight is 276 g/mol. The molecule has 0 radical (unpaired) electrons. The summed E-state index contributed by atoms with van der Waals surface area (Å²) in [6.07, 6.45) is 0.997. The minimum Gasteiger partial charge on any atom is -0.381 e. The van der Waals surface area contributed by atoms with Gasteiger partial charge in [0.2, 0.25) is 5.91 Å². The van der Waals surface area contributed by atoms with Crippen LogP contribution in [-0.4, -0.2) is 37.1 Å². The van der Waals surface area contributed by atoms with Crippen molar-refractivity contribution in [2.24, 2.45) is 11.7 Å². The maximum atomic E-state index is 12.6. The molecule has 0 saturated carbocycles. The van der Waals surface area contributed by atoms with Crippen LogP contribution in [0.1, 0.15) is 25.8 Å². The Kier molecular flexibility index (Phi) is 4.78. The second-order valence-electron chi connectivity index (χ2n) is 5.63. The standard InChI is InChI=1S/C16H24N2O2/c1-3-20-12-13-9-10-18(11-13)15(19)16(2,17)14-7-5-4-6-8-14/h4-8,13H,3,9-12,17H2,1-2H3. The van der Waals surface area contributed by atoms with Gasteiger partial charge in [0, 0.05) is 25.6 Å². The zero-order chi connectivity index (χ0) is 14.6. The van der Waals surface area contributed by atoms with Gasteiger partial charge in [-0.25, -0.2) is 0 Å². The predicted molar refractivity (Wildman–Crippen MR) is 79.2 cm³/mol. The summed E-state index contributed by atoms with van der Waals surface area (Å²) < 4.78 is 5.45. The Morgan fingerprint density at radius 3 is 2.80 bits per heavy atom. The molecule has 1 aliphatic heterocycles. The van der Waals surface area contributed by atoms with Crippen LogP contribution < -0.4 is 5.73 Å². The summed E-state index contributed by atoms with van der Waals surface area (Å²) in [5, 5.41) is 0. The number of likely N-dealkylation sites (tertiary alicyclic amines) is 1. The minimum atomic E-state index is -0.957. The number of hydrogen-bond acceptors (Lipinski definition) is 3. The second-order valence-corrected chi connectivity index (χ2v) is 5.63. The highest BCUT2D eigenvalue weighted by Crippen LogP contribution is 2.25. The Morgan fingerprint density at radius 2 is 2.15 bits per heavy atom. The number of nitrogens with zero attached hydrogens (tertiary/aromatic N) is 1. The summed E-state index contributed by atoms with van der Waals surface area (Å²) in [5.74, 6) is 0.438. The van der Waals surface area contributed by atoms with Crippen molar-refractivity contribution in [1.82, 2.24) is 4.90 Å². The topological polar surface area (TPSA) is 55.6 Å². The van der Waals surface area contributed by atoms with E-state index >= 15 is 0 Å². The summed E-state index contributed by atoms with van der Waals surface area (Å²) in [5.41, 5.74) is 6.19. The summed E-state index contributed by atoms with van der Waals surface area (Å²) in [6, 6.07) is 9.57. The van der Waals surface area contributed by atoms with Gasteiger partial charge < -0.3 is 15.4 Å². The van der Waals surface area contributed by atoms with Gasteiger partial charge in [-0.1, -0.05) is 30.3 Å². The number of hydrogen-bond donors (Lipinski definition) is 1. The molecule has 4 nitrogen and oxygen atoms in total. The van der Waals surface area contributed by atoms with Crippen molar-refractivity contribution in [2.75, 3.05) is 26.3 Å². The molecule has 1 aromatic rings. The first-order valence-electron chi connectivity index (χ1n) is 7.27. The highest BCUT2D eigenvalue weighted by Gasteiger charge is 2.37. The van der Waals surface area contributed by atoms with Crippen LogP contribution >= 0.6 is 0 Å². The van der Waals surface area contributed by atoms with Gasteiger partial charge in [-0.2, -0.15) is 0 Å². The summed E-state index contributed by atoms with van der Waals surface area (Å²) >= 11 is 0. The van der Waals surface area contributed by atoms with E-state index in [4.69, 9.17) is 10.5 Å². The van der Waals surface area contributed by atoms with Crippen molar-refractivity contribution in [3.8, 4) is 0 Å². The molecule has 2 unspecified atom stereocenters. The fourth-order valence-corrected chi connectivity index (χ4v) is 2.67. The molecule has 1 heterocycles. The van der Waals surface area contributed by atoms with Crippen LogP contribution in [0.5, 0.6) is 0 Å². The summed E-state index contributed by atoms with van der Waals surface area (Å²) in [6.45, 7) is 6.76. The lowest BCUT2D eigenvalue weighted by Gasteiger charge is -2.29. The Morgan fingerprint density at radius 1 is 1.45 bits per heavy atom. The molecular formula is C16H24N2O2. The smallest absolute Gasteiger partial charge is 0.246 e. The molecule has 0 spiro atoms. The molecule has 20 heavy (non-hydrogen) atoms. The Labute approximate surface area is 120 Å². The maximum Gasteiger partial charge on any atom is 0.246 e. The summed E-state index contributed by atoms with van der Waals surface area (Å²) in [4.78, 5) is 14.5. The van der Waals surface area contributed by atoms with Gasteiger partial charge in [-0.3, -0.25) is 4.79 Å². The minimum absolute atomic E-state index is 0.00250. The molecule has 110 valence electrons. The van der Waals surface area contributed by atoms with E-state index in [9.17, 15) is 4.79 Å². The lowest BCUT2D eigenvalue weighted by atomic mass is 9.92.